The minimum atomic E-state index is -0.00425. The summed E-state index contributed by atoms with van der Waals surface area (Å²) >= 11 is 0. The third-order valence-electron chi connectivity index (χ3n) is 3.48. The second-order valence-corrected chi connectivity index (χ2v) is 5.32. The maximum absolute atomic E-state index is 11.3. The maximum Gasteiger partial charge on any atom is 0.161 e. The van der Waals surface area contributed by atoms with E-state index in [1.54, 1.807) is 6.07 Å². The van der Waals surface area contributed by atoms with Gasteiger partial charge < -0.3 is 15.8 Å². The predicted octanol–water partition coefficient (Wildman–Crippen LogP) is 1.60. The lowest BCUT2D eigenvalue weighted by Gasteiger charge is -2.29. The molecule has 1 aliphatic heterocycles. The van der Waals surface area contributed by atoms with E-state index in [1.165, 1.54) is 6.92 Å². The lowest BCUT2D eigenvalue weighted by molar-refractivity contribution is 0.0368. The van der Waals surface area contributed by atoms with E-state index in [4.69, 9.17) is 10.5 Å². The van der Waals surface area contributed by atoms with Crippen molar-refractivity contribution in [3.05, 3.63) is 23.8 Å². The van der Waals surface area contributed by atoms with Crippen LogP contribution < -0.4 is 11.1 Å². The van der Waals surface area contributed by atoms with Gasteiger partial charge in [-0.2, -0.15) is 0 Å². The third kappa shape index (κ3) is 3.95. The summed E-state index contributed by atoms with van der Waals surface area (Å²) in [6.07, 6.45) is 0. The Hall–Kier alpha value is -1.59. The fraction of sp³-hybridized carbons (Fsp3) is 0.533. The number of anilines is 2. The van der Waals surface area contributed by atoms with Gasteiger partial charge in [-0.3, -0.25) is 9.69 Å². The van der Waals surface area contributed by atoms with Gasteiger partial charge in [0.2, 0.25) is 0 Å². The Morgan fingerprint density at radius 2 is 2.15 bits per heavy atom. The van der Waals surface area contributed by atoms with E-state index in [1.807, 2.05) is 12.1 Å². The number of hydrogen-bond donors (Lipinski definition) is 2. The Labute approximate surface area is 120 Å². The van der Waals surface area contributed by atoms with Crippen molar-refractivity contribution in [2.24, 2.45) is 0 Å². The molecule has 0 bridgehead atoms. The number of morpholine rings is 1. The van der Waals surface area contributed by atoms with Crippen molar-refractivity contribution >= 4 is 17.2 Å². The molecule has 20 heavy (non-hydrogen) atoms. The van der Waals surface area contributed by atoms with Gasteiger partial charge in [-0.1, -0.05) is 0 Å². The van der Waals surface area contributed by atoms with Crippen molar-refractivity contribution in [2.75, 3.05) is 43.9 Å². The van der Waals surface area contributed by atoms with Gasteiger partial charge in [0, 0.05) is 42.6 Å². The van der Waals surface area contributed by atoms with Crippen molar-refractivity contribution in [3.63, 3.8) is 0 Å². The Morgan fingerprint density at radius 3 is 2.75 bits per heavy atom. The lowest BCUT2D eigenvalue weighted by Crippen LogP contribution is -2.42. The number of nitrogens with two attached hydrogens (primary N) is 1. The zero-order chi connectivity index (χ0) is 14.5. The van der Waals surface area contributed by atoms with Crippen molar-refractivity contribution in [1.82, 2.24) is 4.90 Å². The molecule has 0 saturated carbocycles. The van der Waals surface area contributed by atoms with E-state index in [0.29, 0.717) is 17.3 Å². The predicted molar refractivity (Wildman–Crippen MR) is 81.2 cm³/mol. The quantitative estimate of drug-likeness (QED) is 0.632. The highest BCUT2D eigenvalue weighted by Crippen LogP contribution is 2.19. The molecule has 0 aliphatic carbocycles. The summed E-state index contributed by atoms with van der Waals surface area (Å²) in [5.74, 6) is -0.00425. The molecule has 1 fully saturated rings. The zero-order valence-electron chi connectivity index (χ0n) is 12.2. The highest BCUT2D eigenvalue weighted by molar-refractivity contribution is 5.99. The third-order valence-corrected chi connectivity index (χ3v) is 3.48. The zero-order valence-corrected chi connectivity index (χ0v) is 12.2. The topological polar surface area (TPSA) is 67.6 Å². The smallest absolute Gasteiger partial charge is 0.161 e. The SMILES string of the molecule is CC(=O)c1ccc(NC(C)CN2CCOCC2)cc1N. The average molecular weight is 277 g/mol. The van der Waals surface area contributed by atoms with Crippen LogP contribution in [0.4, 0.5) is 11.4 Å². The first-order chi connectivity index (χ1) is 9.56. The summed E-state index contributed by atoms with van der Waals surface area (Å²) in [6.45, 7) is 8.23. The number of Topliss-reactive ketones (excluding diaryl/α,β-unsaturated/α-hetero) is 1. The second-order valence-electron chi connectivity index (χ2n) is 5.32. The first-order valence-corrected chi connectivity index (χ1v) is 7.03. The van der Waals surface area contributed by atoms with E-state index < -0.39 is 0 Å². The first kappa shape index (κ1) is 14.8. The van der Waals surface area contributed by atoms with Crippen LogP contribution in [0.15, 0.2) is 18.2 Å². The molecule has 1 saturated heterocycles. The number of nitrogen functional groups attached to an aromatic ring is 1. The van der Waals surface area contributed by atoms with E-state index >= 15 is 0 Å². The Bertz CT molecular complexity index is 470. The van der Waals surface area contributed by atoms with Crippen molar-refractivity contribution in [2.45, 2.75) is 19.9 Å². The molecule has 1 heterocycles. The lowest BCUT2D eigenvalue weighted by atomic mass is 10.1. The molecular formula is C15H23N3O2. The Morgan fingerprint density at radius 1 is 1.45 bits per heavy atom. The number of carbonyl (C=O) groups is 1. The minimum absolute atomic E-state index is 0.00425. The van der Waals surface area contributed by atoms with Crippen LogP contribution in [0.2, 0.25) is 0 Å². The number of nitrogens with zero attached hydrogens (tertiary/aromatic N) is 1. The summed E-state index contributed by atoms with van der Waals surface area (Å²) in [4.78, 5) is 13.7. The van der Waals surface area contributed by atoms with Gasteiger partial charge in [0.05, 0.1) is 13.2 Å². The molecule has 5 heteroatoms. The van der Waals surface area contributed by atoms with Gasteiger partial charge in [0.1, 0.15) is 0 Å². The number of hydrogen-bond acceptors (Lipinski definition) is 5. The van der Waals surface area contributed by atoms with Crippen molar-refractivity contribution < 1.29 is 9.53 Å². The molecule has 2 rings (SSSR count). The monoisotopic (exact) mass is 277 g/mol. The second kappa shape index (κ2) is 6.72. The summed E-state index contributed by atoms with van der Waals surface area (Å²) in [5, 5.41) is 3.42. The van der Waals surface area contributed by atoms with Gasteiger partial charge >= 0.3 is 0 Å². The van der Waals surface area contributed by atoms with Crippen LogP contribution in [0.1, 0.15) is 24.2 Å². The molecule has 0 aromatic heterocycles. The van der Waals surface area contributed by atoms with Crippen LogP contribution in [0.5, 0.6) is 0 Å². The Kier molecular flexibility index (Phi) is 4.98. The van der Waals surface area contributed by atoms with Gasteiger partial charge in [-0.05, 0) is 32.0 Å². The number of ether oxygens (including phenoxy) is 1. The fourth-order valence-corrected chi connectivity index (χ4v) is 2.47. The molecule has 1 atom stereocenters. The molecular weight excluding hydrogens is 254 g/mol. The van der Waals surface area contributed by atoms with Gasteiger partial charge in [0.15, 0.2) is 5.78 Å². The summed E-state index contributed by atoms with van der Waals surface area (Å²) in [7, 11) is 0. The average Bonchev–Trinajstić information content (AvgIpc) is 2.39. The Balaban J connectivity index is 1.92. The maximum atomic E-state index is 11.3. The molecule has 110 valence electrons. The van der Waals surface area contributed by atoms with E-state index in [2.05, 4.69) is 17.1 Å². The largest absolute Gasteiger partial charge is 0.398 e. The van der Waals surface area contributed by atoms with E-state index in [0.717, 1.165) is 38.5 Å². The van der Waals surface area contributed by atoms with E-state index in [9.17, 15) is 4.79 Å². The minimum Gasteiger partial charge on any atom is -0.398 e. The number of rotatable bonds is 5. The number of benzene rings is 1. The molecule has 5 nitrogen and oxygen atoms in total. The molecule has 1 aromatic carbocycles. The standard InChI is InChI=1S/C15H23N3O2/c1-11(10-18-5-7-20-8-6-18)17-13-3-4-14(12(2)19)15(16)9-13/h3-4,9,11,17H,5-8,10,16H2,1-2H3. The van der Waals surface area contributed by atoms with Gasteiger partial charge in [-0.15, -0.1) is 0 Å². The van der Waals surface area contributed by atoms with Crippen LogP contribution in [0.3, 0.4) is 0 Å². The number of ketones is 1. The van der Waals surface area contributed by atoms with Crippen LogP contribution in [-0.4, -0.2) is 49.6 Å². The molecule has 1 aromatic rings. The summed E-state index contributed by atoms with van der Waals surface area (Å²) < 4.78 is 5.34. The van der Waals surface area contributed by atoms with Crippen LogP contribution in [-0.2, 0) is 4.74 Å². The highest BCUT2D eigenvalue weighted by atomic mass is 16.5. The highest BCUT2D eigenvalue weighted by Gasteiger charge is 2.14. The molecule has 0 radical (unpaired) electrons. The first-order valence-electron chi connectivity index (χ1n) is 7.03. The van der Waals surface area contributed by atoms with Crippen molar-refractivity contribution in [1.29, 1.82) is 0 Å². The van der Waals surface area contributed by atoms with E-state index in [-0.39, 0.29) is 5.78 Å². The number of nitrogens with one attached hydrogen (secondary N) is 1. The molecule has 1 aliphatic rings. The number of carbonyl (C=O) groups excluding carboxylic acids is 1. The van der Waals surface area contributed by atoms with Crippen LogP contribution in [0, 0.1) is 0 Å². The summed E-state index contributed by atoms with van der Waals surface area (Å²) in [6, 6.07) is 5.83. The molecule has 0 amide bonds. The molecule has 3 N–H and O–H groups in total. The van der Waals surface area contributed by atoms with Gasteiger partial charge in [0.25, 0.3) is 0 Å². The van der Waals surface area contributed by atoms with Crippen LogP contribution in [0.25, 0.3) is 0 Å². The molecule has 0 spiro atoms. The fourth-order valence-electron chi connectivity index (χ4n) is 2.47. The van der Waals surface area contributed by atoms with Gasteiger partial charge in [-0.25, -0.2) is 0 Å². The molecule has 1 unspecified atom stereocenters. The summed E-state index contributed by atoms with van der Waals surface area (Å²) in [5.41, 5.74) is 7.96. The van der Waals surface area contributed by atoms with Crippen LogP contribution >= 0.6 is 0 Å². The normalized spacial score (nSPS) is 17.7. The van der Waals surface area contributed by atoms with Crippen molar-refractivity contribution in [3.8, 4) is 0 Å².